The summed E-state index contributed by atoms with van der Waals surface area (Å²) in [6, 6.07) is 5.09. The molecule has 2 rings (SSSR count). The first-order chi connectivity index (χ1) is 8.18. The highest BCUT2D eigenvalue weighted by atomic mass is 16.6. The van der Waals surface area contributed by atoms with Gasteiger partial charge in [-0.25, -0.2) is 0 Å². The molecule has 0 saturated carbocycles. The molecule has 1 heterocycles. The highest BCUT2D eigenvalue weighted by molar-refractivity contribution is 5.57. The van der Waals surface area contributed by atoms with Crippen LogP contribution >= 0.6 is 0 Å². The summed E-state index contributed by atoms with van der Waals surface area (Å²) in [5.41, 5.74) is 2.25. The zero-order chi connectivity index (χ0) is 12.3. The minimum Gasteiger partial charge on any atom is -0.370 e. The van der Waals surface area contributed by atoms with E-state index in [1.165, 1.54) is 0 Å². The molecular formula is C12H17N3O2. The van der Waals surface area contributed by atoms with E-state index < -0.39 is 0 Å². The minimum atomic E-state index is -0.346. The Morgan fingerprint density at radius 3 is 2.88 bits per heavy atom. The number of nitro benzene ring substituents is 1. The lowest BCUT2D eigenvalue weighted by molar-refractivity contribution is -0.384. The van der Waals surface area contributed by atoms with Gasteiger partial charge in [0.05, 0.1) is 4.92 Å². The summed E-state index contributed by atoms with van der Waals surface area (Å²) >= 11 is 0. The SMILES string of the molecule is Cc1cc([N+](=O)[O-])ccc1N1CCCNCC1. The Balaban J connectivity index is 2.22. The molecule has 0 spiro atoms. The van der Waals surface area contributed by atoms with Gasteiger partial charge >= 0.3 is 0 Å². The van der Waals surface area contributed by atoms with E-state index in [-0.39, 0.29) is 10.6 Å². The van der Waals surface area contributed by atoms with E-state index in [9.17, 15) is 10.1 Å². The summed E-state index contributed by atoms with van der Waals surface area (Å²) in [6.45, 7) is 5.91. The minimum absolute atomic E-state index is 0.166. The van der Waals surface area contributed by atoms with Crippen LogP contribution in [0.4, 0.5) is 11.4 Å². The molecule has 1 saturated heterocycles. The van der Waals surface area contributed by atoms with Crippen LogP contribution in [0.25, 0.3) is 0 Å². The molecule has 1 fully saturated rings. The van der Waals surface area contributed by atoms with Crippen molar-refractivity contribution in [2.45, 2.75) is 13.3 Å². The second-order valence-electron chi connectivity index (χ2n) is 4.32. The van der Waals surface area contributed by atoms with Crippen LogP contribution < -0.4 is 10.2 Å². The zero-order valence-electron chi connectivity index (χ0n) is 9.98. The fourth-order valence-electron chi connectivity index (χ4n) is 2.19. The van der Waals surface area contributed by atoms with Crippen molar-refractivity contribution in [3.63, 3.8) is 0 Å². The van der Waals surface area contributed by atoms with Crippen molar-refractivity contribution < 1.29 is 4.92 Å². The van der Waals surface area contributed by atoms with E-state index >= 15 is 0 Å². The molecule has 1 N–H and O–H groups in total. The molecule has 0 atom stereocenters. The molecule has 0 bridgehead atoms. The molecule has 0 aliphatic carbocycles. The third-order valence-electron chi connectivity index (χ3n) is 3.07. The van der Waals surface area contributed by atoms with Crippen molar-refractivity contribution in [3.8, 4) is 0 Å². The Morgan fingerprint density at radius 1 is 1.35 bits per heavy atom. The average molecular weight is 235 g/mol. The van der Waals surface area contributed by atoms with E-state index in [4.69, 9.17) is 0 Å². The molecule has 92 valence electrons. The molecule has 5 heteroatoms. The predicted molar refractivity (Wildman–Crippen MR) is 67.5 cm³/mol. The molecule has 0 aromatic heterocycles. The Hall–Kier alpha value is -1.62. The van der Waals surface area contributed by atoms with Crippen LogP contribution in [0.3, 0.4) is 0 Å². The van der Waals surface area contributed by atoms with E-state index in [1.54, 1.807) is 12.1 Å². The summed E-state index contributed by atoms with van der Waals surface area (Å²) < 4.78 is 0. The molecule has 0 amide bonds. The van der Waals surface area contributed by atoms with Crippen LogP contribution in [0.5, 0.6) is 0 Å². The summed E-state index contributed by atoms with van der Waals surface area (Å²) in [7, 11) is 0. The van der Waals surface area contributed by atoms with Gasteiger partial charge in [-0.3, -0.25) is 10.1 Å². The standard InChI is InChI=1S/C12H17N3O2/c1-10-9-11(15(16)17)3-4-12(10)14-7-2-5-13-6-8-14/h3-4,9,13H,2,5-8H2,1H3. The molecule has 17 heavy (non-hydrogen) atoms. The van der Waals surface area contributed by atoms with Crippen LogP contribution in [0.1, 0.15) is 12.0 Å². The number of rotatable bonds is 2. The lowest BCUT2D eigenvalue weighted by Crippen LogP contribution is -2.28. The topological polar surface area (TPSA) is 58.4 Å². The van der Waals surface area contributed by atoms with Gasteiger partial charge in [0, 0.05) is 37.5 Å². The van der Waals surface area contributed by atoms with E-state index in [1.807, 2.05) is 13.0 Å². The maximum atomic E-state index is 10.7. The third kappa shape index (κ3) is 2.74. The first-order valence-electron chi connectivity index (χ1n) is 5.89. The van der Waals surface area contributed by atoms with Gasteiger partial charge in [-0.05, 0) is 31.5 Å². The van der Waals surface area contributed by atoms with Crippen LogP contribution in [-0.2, 0) is 0 Å². The molecular weight excluding hydrogens is 218 g/mol. The highest BCUT2D eigenvalue weighted by Crippen LogP contribution is 2.25. The lowest BCUT2D eigenvalue weighted by atomic mass is 10.1. The second kappa shape index (κ2) is 5.14. The van der Waals surface area contributed by atoms with Crippen molar-refractivity contribution >= 4 is 11.4 Å². The van der Waals surface area contributed by atoms with Gasteiger partial charge in [-0.2, -0.15) is 0 Å². The van der Waals surface area contributed by atoms with Crippen molar-refractivity contribution in [2.75, 3.05) is 31.1 Å². The number of anilines is 1. The quantitative estimate of drug-likeness (QED) is 0.626. The van der Waals surface area contributed by atoms with Crippen molar-refractivity contribution in [1.29, 1.82) is 0 Å². The van der Waals surface area contributed by atoms with Crippen LogP contribution in [0.2, 0.25) is 0 Å². The number of aryl methyl sites for hydroxylation is 1. The van der Waals surface area contributed by atoms with E-state index in [0.29, 0.717) is 0 Å². The molecule has 0 radical (unpaired) electrons. The van der Waals surface area contributed by atoms with Crippen molar-refractivity contribution in [2.24, 2.45) is 0 Å². The lowest BCUT2D eigenvalue weighted by Gasteiger charge is -2.24. The van der Waals surface area contributed by atoms with Crippen molar-refractivity contribution in [3.05, 3.63) is 33.9 Å². The van der Waals surface area contributed by atoms with E-state index in [2.05, 4.69) is 10.2 Å². The molecule has 1 aliphatic heterocycles. The number of hydrogen-bond donors (Lipinski definition) is 1. The Bertz CT molecular complexity index is 412. The fourth-order valence-corrected chi connectivity index (χ4v) is 2.19. The number of hydrogen-bond acceptors (Lipinski definition) is 4. The van der Waals surface area contributed by atoms with Gasteiger partial charge in [0.25, 0.3) is 5.69 Å². The van der Waals surface area contributed by atoms with Crippen LogP contribution in [0, 0.1) is 17.0 Å². The Kier molecular flexibility index (Phi) is 3.58. The van der Waals surface area contributed by atoms with Crippen LogP contribution in [0.15, 0.2) is 18.2 Å². The third-order valence-corrected chi connectivity index (χ3v) is 3.07. The Labute approximate surface area is 101 Å². The van der Waals surface area contributed by atoms with Gasteiger partial charge in [0.15, 0.2) is 0 Å². The van der Waals surface area contributed by atoms with Gasteiger partial charge in [0.2, 0.25) is 0 Å². The number of nitrogens with one attached hydrogen (secondary N) is 1. The van der Waals surface area contributed by atoms with Gasteiger partial charge in [-0.15, -0.1) is 0 Å². The van der Waals surface area contributed by atoms with Gasteiger partial charge in [0.1, 0.15) is 0 Å². The molecule has 1 aromatic rings. The predicted octanol–water partition coefficient (Wildman–Crippen LogP) is 1.70. The van der Waals surface area contributed by atoms with Crippen LogP contribution in [-0.4, -0.2) is 31.1 Å². The Morgan fingerprint density at radius 2 is 2.18 bits per heavy atom. The largest absolute Gasteiger partial charge is 0.370 e. The normalized spacial score (nSPS) is 16.6. The highest BCUT2D eigenvalue weighted by Gasteiger charge is 2.14. The number of non-ortho nitro benzene ring substituents is 1. The molecule has 0 unspecified atom stereocenters. The first kappa shape index (κ1) is 11.9. The fraction of sp³-hybridized carbons (Fsp3) is 0.500. The maximum absolute atomic E-state index is 10.7. The summed E-state index contributed by atoms with van der Waals surface area (Å²) in [6.07, 6.45) is 1.11. The average Bonchev–Trinajstić information content (AvgIpc) is 2.57. The molecule has 1 aliphatic rings. The maximum Gasteiger partial charge on any atom is 0.269 e. The first-order valence-corrected chi connectivity index (χ1v) is 5.89. The van der Waals surface area contributed by atoms with Gasteiger partial charge in [-0.1, -0.05) is 0 Å². The van der Waals surface area contributed by atoms with Crippen molar-refractivity contribution in [1.82, 2.24) is 5.32 Å². The smallest absolute Gasteiger partial charge is 0.269 e. The molecule has 1 aromatic carbocycles. The zero-order valence-corrected chi connectivity index (χ0v) is 9.98. The van der Waals surface area contributed by atoms with Gasteiger partial charge < -0.3 is 10.2 Å². The number of benzene rings is 1. The summed E-state index contributed by atoms with van der Waals surface area (Å²) in [5, 5.41) is 14.0. The van der Waals surface area contributed by atoms with E-state index in [0.717, 1.165) is 43.9 Å². The molecule has 5 nitrogen and oxygen atoms in total. The second-order valence-corrected chi connectivity index (χ2v) is 4.32. The number of nitro groups is 1. The monoisotopic (exact) mass is 235 g/mol. The summed E-state index contributed by atoms with van der Waals surface area (Å²) in [4.78, 5) is 12.6. The number of nitrogens with zero attached hydrogens (tertiary/aromatic N) is 2. The summed E-state index contributed by atoms with van der Waals surface area (Å²) in [5.74, 6) is 0.